The summed E-state index contributed by atoms with van der Waals surface area (Å²) in [6.07, 6.45) is 0. The lowest BCUT2D eigenvalue weighted by molar-refractivity contribution is 0.0945. The monoisotopic (exact) mass is 425 g/mol. The van der Waals surface area contributed by atoms with Gasteiger partial charge in [0.05, 0.1) is 4.90 Å². The predicted molar refractivity (Wildman–Crippen MR) is 99.3 cm³/mol. The first kappa shape index (κ1) is 20.1. The molecule has 1 aromatic heterocycles. The molecule has 1 amide bonds. The number of halogens is 3. The number of carbonyl (C=O) groups excluding carboxylic acids is 1. The Morgan fingerprint density at radius 3 is 2.18 bits per heavy atom. The molecule has 1 heterocycles. The largest absolute Gasteiger partial charge is 0.350 e. The van der Waals surface area contributed by atoms with E-state index in [-0.39, 0.29) is 4.90 Å². The Bertz CT molecular complexity index is 1060. The maximum atomic E-state index is 13.8. The zero-order valence-corrected chi connectivity index (χ0v) is 15.9. The van der Waals surface area contributed by atoms with Crippen LogP contribution in [0.1, 0.15) is 20.5 Å². The fraction of sp³-hybridized carbons (Fsp3) is 0.105. The van der Waals surface area contributed by atoms with Crippen LogP contribution in [0.4, 0.5) is 13.2 Å². The molecule has 0 radical (unpaired) electrons. The summed E-state index contributed by atoms with van der Waals surface area (Å²) in [6.45, 7) is -0.410. The molecule has 1 atom stereocenters. The van der Waals surface area contributed by atoms with Gasteiger partial charge in [-0.05, 0) is 47.8 Å². The summed E-state index contributed by atoms with van der Waals surface area (Å²) in [5, 5.41) is 2.76. The minimum Gasteiger partial charge on any atom is -0.350 e. The van der Waals surface area contributed by atoms with Gasteiger partial charge in [0, 0.05) is 11.4 Å². The van der Waals surface area contributed by atoms with E-state index in [1.54, 1.807) is 17.5 Å². The standard InChI is InChI=1S/C19H14F3NO3S2/c20-12-6-8-13(9-7-12)28(25,26)17(16-5-2-10-27-16)11-23-19(24)18-14(21)3-1-4-15(18)22/h1-10,17H,11H2,(H,23,24). The summed E-state index contributed by atoms with van der Waals surface area (Å²) in [4.78, 5) is 12.5. The van der Waals surface area contributed by atoms with Gasteiger partial charge in [0.25, 0.3) is 5.91 Å². The summed E-state index contributed by atoms with van der Waals surface area (Å²) in [7, 11) is -4.00. The van der Waals surface area contributed by atoms with Gasteiger partial charge in [-0.3, -0.25) is 4.79 Å². The van der Waals surface area contributed by atoms with E-state index in [0.717, 1.165) is 53.8 Å². The van der Waals surface area contributed by atoms with Crippen molar-refractivity contribution in [3.63, 3.8) is 0 Å². The van der Waals surface area contributed by atoms with Crippen LogP contribution in [-0.2, 0) is 9.84 Å². The molecule has 1 unspecified atom stereocenters. The van der Waals surface area contributed by atoms with Crippen molar-refractivity contribution in [2.24, 2.45) is 0 Å². The number of rotatable bonds is 6. The summed E-state index contributed by atoms with van der Waals surface area (Å²) in [5.41, 5.74) is -0.786. The van der Waals surface area contributed by atoms with Crippen molar-refractivity contribution >= 4 is 27.1 Å². The molecule has 0 fully saturated rings. The van der Waals surface area contributed by atoms with Crippen molar-refractivity contribution in [3.05, 3.63) is 87.9 Å². The van der Waals surface area contributed by atoms with Crippen LogP contribution in [0.25, 0.3) is 0 Å². The Balaban J connectivity index is 1.90. The number of benzene rings is 2. The lowest BCUT2D eigenvalue weighted by Gasteiger charge is -2.18. The third kappa shape index (κ3) is 4.10. The second-order valence-electron chi connectivity index (χ2n) is 5.81. The molecule has 9 heteroatoms. The molecule has 146 valence electrons. The Kier molecular flexibility index (Phi) is 5.85. The Morgan fingerprint density at radius 2 is 1.61 bits per heavy atom. The predicted octanol–water partition coefficient (Wildman–Crippen LogP) is 4.11. The van der Waals surface area contributed by atoms with Crippen LogP contribution in [0.5, 0.6) is 0 Å². The van der Waals surface area contributed by atoms with Crippen molar-refractivity contribution < 1.29 is 26.4 Å². The minimum atomic E-state index is -4.00. The van der Waals surface area contributed by atoms with Gasteiger partial charge in [-0.15, -0.1) is 11.3 Å². The van der Waals surface area contributed by atoms with Gasteiger partial charge in [0.15, 0.2) is 9.84 Å². The molecule has 0 spiro atoms. The van der Waals surface area contributed by atoms with Crippen molar-refractivity contribution in [3.8, 4) is 0 Å². The van der Waals surface area contributed by atoms with Crippen LogP contribution in [0.15, 0.2) is 64.9 Å². The second-order valence-corrected chi connectivity index (χ2v) is 8.92. The molecule has 0 bridgehead atoms. The molecule has 0 saturated carbocycles. The Morgan fingerprint density at radius 1 is 0.964 bits per heavy atom. The summed E-state index contributed by atoms with van der Waals surface area (Å²) >= 11 is 1.16. The normalized spacial score (nSPS) is 12.5. The van der Waals surface area contributed by atoms with Crippen molar-refractivity contribution in [2.45, 2.75) is 10.1 Å². The zero-order chi connectivity index (χ0) is 20.3. The molecule has 0 aliphatic rings. The number of sulfone groups is 1. The van der Waals surface area contributed by atoms with E-state index in [1.807, 2.05) is 0 Å². The lowest BCUT2D eigenvalue weighted by atomic mass is 10.2. The van der Waals surface area contributed by atoms with Crippen molar-refractivity contribution in [1.82, 2.24) is 5.32 Å². The summed E-state index contributed by atoms with van der Waals surface area (Å²) < 4.78 is 66.7. The fourth-order valence-electron chi connectivity index (χ4n) is 2.61. The lowest BCUT2D eigenvalue weighted by Crippen LogP contribution is -2.32. The maximum absolute atomic E-state index is 13.8. The number of nitrogens with one attached hydrogen (secondary N) is 1. The molecule has 3 aromatic rings. The Labute approximate surface area is 163 Å². The molecule has 1 N–H and O–H groups in total. The van der Waals surface area contributed by atoms with Gasteiger partial charge >= 0.3 is 0 Å². The number of amides is 1. The highest BCUT2D eigenvalue weighted by molar-refractivity contribution is 7.91. The SMILES string of the molecule is O=C(NCC(c1cccs1)S(=O)(=O)c1ccc(F)cc1)c1c(F)cccc1F. The average molecular weight is 425 g/mol. The molecular weight excluding hydrogens is 411 g/mol. The van der Waals surface area contributed by atoms with Gasteiger partial charge in [-0.25, -0.2) is 21.6 Å². The van der Waals surface area contributed by atoms with Gasteiger partial charge in [-0.2, -0.15) is 0 Å². The quantitative estimate of drug-likeness (QED) is 0.605. The first-order valence-corrected chi connectivity index (χ1v) is 10.5. The zero-order valence-electron chi connectivity index (χ0n) is 14.2. The van der Waals surface area contributed by atoms with E-state index in [1.165, 1.54) is 0 Å². The maximum Gasteiger partial charge on any atom is 0.257 e. The fourth-order valence-corrected chi connectivity index (χ4v) is 5.40. The molecule has 0 aliphatic heterocycles. The molecule has 0 aliphatic carbocycles. The van der Waals surface area contributed by atoms with Gasteiger partial charge in [-0.1, -0.05) is 12.1 Å². The first-order chi connectivity index (χ1) is 13.3. The molecular formula is C19H14F3NO3S2. The van der Waals surface area contributed by atoms with E-state index in [0.29, 0.717) is 4.88 Å². The van der Waals surface area contributed by atoms with Crippen LogP contribution in [0.3, 0.4) is 0 Å². The van der Waals surface area contributed by atoms with Crippen LogP contribution in [-0.4, -0.2) is 20.9 Å². The van der Waals surface area contributed by atoms with Gasteiger partial charge in [0.2, 0.25) is 0 Å². The third-order valence-corrected chi connectivity index (χ3v) is 7.25. The second kappa shape index (κ2) is 8.15. The highest BCUT2D eigenvalue weighted by atomic mass is 32.2. The van der Waals surface area contributed by atoms with Crippen LogP contribution in [0, 0.1) is 17.5 Å². The van der Waals surface area contributed by atoms with E-state index in [9.17, 15) is 26.4 Å². The third-order valence-electron chi connectivity index (χ3n) is 4.02. The summed E-state index contributed by atoms with van der Waals surface area (Å²) in [5.74, 6) is -3.75. The highest BCUT2D eigenvalue weighted by Gasteiger charge is 2.31. The molecule has 28 heavy (non-hydrogen) atoms. The molecule has 2 aromatic carbocycles. The average Bonchev–Trinajstić information content (AvgIpc) is 3.16. The highest BCUT2D eigenvalue weighted by Crippen LogP contribution is 2.31. The number of thiophene rings is 1. The molecule has 4 nitrogen and oxygen atoms in total. The van der Waals surface area contributed by atoms with E-state index >= 15 is 0 Å². The van der Waals surface area contributed by atoms with Gasteiger partial charge in [0.1, 0.15) is 28.3 Å². The molecule has 3 rings (SSSR count). The number of hydrogen-bond acceptors (Lipinski definition) is 4. The molecule has 0 saturated heterocycles. The van der Waals surface area contributed by atoms with Crippen molar-refractivity contribution in [2.75, 3.05) is 6.54 Å². The van der Waals surface area contributed by atoms with Crippen LogP contribution < -0.4 is 5.32 Å². The van der Waals surface area contributed by atoms with Crippen molar-refractivity contribution in [1.29, 1.82) is 0 Å². The van der Waals surface area contributed by atoms with Gasteiger partial charge < -0.3 is 5.32 Å². The number of carbonyl (C=O) groups is 1. The first-order valence-electron chi connectivity index (χ1n) is 8.06. The van der Waals surface area contributed by atoms with E-state index in [2.05, 4.69) is 5.32 Å². The van der Waals surface area contributed by atoms with E-state index in [4.69, 9.17) is 0 Å². The van der Waals surface area contributed by atoms with Crippen LogP contribution >= 0.6 is 11.3 Å². The topological polar surface area (TPSA) is 63.2 Å². The smallest absolute Gasteiger partial charge is 0.257 e. The number of hydrogen-bond donors (Lipinski definition) is 1. The van der Waals surface area contributed by atoms with Crippen LogP contribution in [0.2, 0.25) is 0 Å². The minimum absolute atomic E-state index is 0.126. The Hall–Kier alpha value is -2.65. The summed E-state index contributed by atoms with van der Waals surface area (Å²) in [6, 6.07) is 10.5. The van der Waals surface area contributed by atoms with E-state index < -0.39 is 50.6 Å².